The molecule has 6 heteroatoms. The summed E-state index contributed by atoms with van der Waals surface area (Å²) in [5.74, 6) is 0. The minimum atomic E-state index is -0.365. The first kappa shape index (κ1) is 15.8. The summed E-state index contributed by atoms with van der Waals surface area (Å²) in [5.41, 5.74) is 1.44. The highest BCUT2D eigenvalue weighted by atomic mass is 32.1. The Kier molecular flexibility index (Phi) is 5.00. The van der Waals surface area contributed by atoms with E-state index in [4.69, 9.17) is 0 Å². The van der Waals surface area contributed by atoms with E-state index in [0.717, 1.165) is 38.9 Å². The molecule has 1 aromatic rings. The number of likely N-dealkylation sites (tertiary alicyclic amines) is 1. The number of β-amino-alcohol motifs (C(OH)–C–C–N with tert-alkyl or cyclic N) is 1. The Bertz CT molecular complexity index is 519. The Morgan fingerprint density at radius 2 is 2.41 bits per heavy atom. The minimum absolute atomic E-state index is 0.0427. The smallest absolute Gasteiger partial charge is 0.317 e. The number of piperidine rings is 1. The second-order valence-electron chi connectivity index (χ2n) is 6.37. The Morgan fingerprint density at radius 1 is 1.55 bits per heavy atom. The summed E-state index contributed by atoms with van der Waals surface area (Å²) in [4.78, 5) is 17.8. The summed E-state index contributed by atoms with van der Waals surface area (Å²) in [6.07, 6.45) is 2.44. The number of carbonyl (C=O) groups excluding carboxylic acids is 1. The molecule has 0 saturated carbocycles. The largest absolute Gasteiger partial charge is 0.391 e. The maximum absolute atomic E-state index is 12.2. The van der Waals surface area contributed by atoms with Crippen LogP contribution in [-0.2, 0) is 13.0 Å². The number of aliphatic hydroxyl groups excluding tert-OH is 1. The number of nitrogens with one attached hydrogen (secondary N) is 1. The molecule has 0 bridgehead atoms. The number of fused-ring (bicyclic) bond motifs is 1. The van der Waals surface area contributed by atoms with Gasteiger partial charge in [-0.2, -0.15) is 0 Å². The average molecular weight is 323 g/mol. The predicted molar refractivity (Wildman–Crippen MR) is 88.1 cm³/mol. The van der Waals surface area contributed by atoms with Gasteiger partial charge >= 0.3 is 6.03 Å². The van der Waals surface area contributed by atoms with Crippen molar-refractivity contribution in [2.45, 2.75) is 44.9 Å². The fourth-order valence-electron chi connectivity index (χ4n) is 3.26. The van der Waals surface area contributed by atoms with Crippen molar-refractivity contribution in [1.29, 1.82) is 0 Å². The normalized spacial score (nSPS) is 23.9. The number of rotatable bonds is 3. The van der Waals surface area contributed by atoms with Crippen molar-refractivity contribution < 1.29 is 9.90 Å². The standard InChI is InChI=1S/C16H25N3O2S/c1-12(18-7-4-15-13(10-18)5-8-22-15)9-17-16(21)19-6-2-3-14(20)11-19/h5,8,12,14,20H,2-4,6-7,9-11H2,1H3,(H,17,21). The summed E-state index contributed by atoms with van der Waals surface area (Å²) >= 11 is 1.85. The summed E-state index contributed by atoms with van der Waals surface area (Å²) < 4.78 is 0. The molecule has 5 nitrogen and oxygen atoms in total. The van der Waals surface area contributed by atoms with Crippen molar-refractivity contribution in [3.8, 4) is 0 Å². The van der Waals surface area contributed by atoms with Gasteiger partial charge in [-0.15, -0.1) is 11.3 Å². The van der Waals surface area contributed by atoms with Gasteiger partial charge < -0.3 is 15.3 Å². The first-order chi connectivity index (χ1) is 10.6. The van der Waals surface area contributed by atoms with E-state index < -0.39 is 0 Å². The third kappa shape index (κ3) is 3.62. The van der Waals surface area contributed by atoms with E-state index in [-0.39, 0.29) is 12.1 Å². The highest BCUT2D eigenvalue weighted by Crippen LogP contribution is 2.25. The van der Waals surface area contributed by atoms with Gasteiger partial charge in [0.25, 0.3) is 0 Å². The Morgan fingerprint density at radius 3 is 3.23 bits per heavy atom. The van der Waals surface area contributed by atoms with Gasteiger partial charge in [0.2, 0.25) is 0 Å². The van der Waals surface area contributed by atoms with Gasteiger partial charge in [-0.25, -0.2) is 4.79 Å². The molecule has 0 aromatic carbocycles. The van der Waals surface area contributed by atoms with Gasteiger partial charge in [-0.3, -0.25) is 4.90 Å². The van der Waals surface area contributed by atoms with Crippen LogP contribution >= 0.6 is 11.3 Å². The zero-order chi connectivity index (χ0) is 15.5. The molecule has 2 aliphatic heterocycles. The van der Waals surface area contributed by atoms with Crippen LogP contribution in [0.2, 0.25) is 0 Å². The van der Waals surface area contributed by atoms with Crippen LogP contribution in [0.4, 0.5) is 4.79 Å². The maximum Gasteiger partial charge on any atom is 0.317 e. The molecule has 1 saturated heterocycles. The molecular formula is C16H25N3O2S. The van der Waals surface area contributed by atoms with Crippen LogP contribution in [0.3, 0.4) is 0 Å². The second-order valence-corrected chi connectivity index (χ2v) is 7.37. The van der Waals surface area contributed by atoms with Crippen molar-refractivity contribution in [3.05, 3.63) is 21.9 Å². The monoisotopic (exact) mass is 323 g/mol. The first-order valence-corrected chi connectivity index (χ1v) is 9.01. The number of amides is 2. The summed E-state index contributed by atoms with van der Waals surface area (Å²) in [5, 5.41) is 14.8. The van der Waals surface area contributed by atoms with Gasteiger partial charge in [0.15, 0.2) is 0 Å². The second kappa shape index (κ2) is 6.98. The van der Waals surface area contributed by atoms with Crippen molar-refractivity contribution in [2.24, 2.45) is 0 Å². The molecule has 2 aliphatic rings. The topological polar surface area (TPSA) is 55.8 Å². The molecule has 2 unspecified atom stereocenters. The zero-order valence-corrected chi connectivity index (χ0v) is 13.9. The Labute approximate surface area is 135 Å². The molecule has 2 amide bonds. The third-order valence-electron chi connectivity index (χ3n) is 4.69. The maximum atomic E-state index is 12.2. The van der Waals surface area contributed by atoms with Crippen molar-refractivity contribution in [2.75, 3.05) is 26.2 Å². The number of hydrogen-bond acceptors (Lipinski definition) is 4. The number of hydrogen-bond donors (Lipinski definition) is 2. The molecule has 2 atom stereocenters. The molecule has 1 fully saturated rings. The SMILES string of the molecule is CC(CNC(=O)N1CCCC(O)C1)N1CCc2sccc2C1. The lowest BCUT2D eigenvalue weighted by Crippen LogP contribution is -2.50. The number of carbonyl (C=O) groups is 1. The molecule has 3 rings (SSSR count). The molecule has 22 heavy (non-hydrogen) atoms. The van der Waals surface area contributed by atoms with Crippen LogP contribution < -0.4 is 5.32 Å². The predicted octanol–water partition coefficient (Wildman–Crippen LogP) is 1.66. The molecule has 1 aromatic heterocycles. The fraction of sp³-hybridized carbons (Fsp3) is 0.688. The molecule has 0 radical (unpaired) electrons. The lowest BCUT2D eigenvalue weighted by Gasteiger charge is -2.34. The van der Waals surface area contributed by atoms with Gasteiger partial charge in [0, 0.05) is 43.6 Å². The van der Waals surface area contributed by atoms with Crippen LogP contribution in [0.25, 0.3) is 0 Å². The highest BCUT2D eigenvalue weighted by Gasteiger charge is 2.24. The number of urea groups is 1. The van der Waals surface area contributed by atoms with Crippen LogP contribution in [0.15, 0.2) is 11.4 Å². The van der Waals surface area contributed by atoms with Gasteiger partial charge in [-0.05, 0) is 43.2 Å². The van der Waals surface area contributed by atoms with Crippen molar-refractivity contribution in [3.63, 3.8) is 0 Å². The Balaban J connectivity index is 1.46. The zero-order valence-electron chi connectivity index (χ0n) is 13.1. The summed E-state index contributed by atoms with van der Waals surface area (Å²) in [7, 11) is 0. The Hall–Kier alpha value is -1.11. The average Bonchev–Trinajstić information content (AvgIpc) is 2.99. The molecule has 2 N–H and O–H groups in total. The van der Waals surface area contributed by atoms with Crippen LogP contribution in [0, 0.1) is 0 Å². The van der Waals surface area contributed by atoms with Crippen LogP contribution in [-0.4, -0.2) is 59.3 Å². The molecular weight excluding hydrogens is 298 g/mol. The summed E-state index contributed by atoms with van der Waals surface area (Å²) in [6, 6.07) is 2.50. The van der Waals surface area contributed by atoms with E-state index in [1.54, 1.807) is 4.90 Å². The van der Waals surface area contributed by atoms with E-state index in [0.29, 0.717) is 19.1 Å². The molecule has 0 spiro atoms. The lowest BCUT2D eigenvalue weighted by atomic mass is 10.1. The van der Waals surface area contributed by atoms with E-state index in [1.807, 2.05) is 11.3 Å². The van der Waals surface area contributed by atoms with Gasteiger partial charge in [0.1, 0.15) is 0 Å². The number of aliphatic hydroxyl groups is 1. The molecule has 0 aliphatic carbocycles. The van der Waals surface area contributed by atoms with Gasteiger partial charge in [0.05, 0.1) is 6.10 Å². The van der Waals surface area contributed by atoms with E-state index >= 15 is 0 Å². The van der Waals surface area contributed by atoms with E-state index in [9.17, 15) is 9.90 Å². The number of nitrogens with zero attached hydrogens (tertiary/aromatic N) is 2. The van der Waals surface area contributed by atoms with Crippen LogP contribution in [0.1, 0.15) is 30.2 Å². The fourth-order valence-corrected chi connectivity index (χ4v) is 4.15. The first-order valence-electron chi connectivity index (χ1n) is 8.13. The lowest BCUT2D eigenvalue weighted by molar-refractivity contribution is 0.0832. The third-order valence-corrected chi connectivity index (χ3v) is 5.72. The molecule has 3 heterocycles. The van der Waals surface area contributed by atoms with E-state index in [2.05, 4.69) is 28.6 Å². The van der Waals surface area contributed by atoms with Crippen LogP contribution in [0.5, 0.6) is 0 Å². The number of thiophene rings is 1. The van der Waals surface area contributed by atoms with Crippen molar-refractivity contribution in [1.82, 2.24) is 15.1 Å². The summed E-state index contributed by atoms with van der Waals surface area (Å²) in [6.45, 7) is 6.08. The highest BCUT2D eigenvalue weighted by molar-refractivity contribution is 7.10. The minimum Gasteiger partial charge on any atom is -0.391 e. The van der Waals surface area contributed by atoms with Crippen molar-refractivity contribution >= 4 is 17.4 Å². The molecule has 122 valence electrons. The quantitative estimate of drug-likeness (QED) is 0.889. The van der Waals surface area contributed by atoms with Gasteiger partial charge in [-0.1, -0.05) is 0 Å². The van der Waals surface area contributed by atoms with E-state index in [1.165, 1.54) is 10.4 Å².